The van der Waals surface area contributed by atoms with Gasteiger partial charge in [0.25, 0.3) is 0 Å². The number of benzene rings is 1. The van der Waals surface area contributed by atoms with Crippen molar-refractivity contribution >= 4 is 17.3 Å². The second-order valence-electron chi connectivity index (χ2n) is 5.95. The number of halogens is 1. The fourth-order valence-corrected chi connectivity index (χ4v) is 3.83. The molecule has 2 atom stereocenters. The van der Waals surface area contributed by atoms with Crippen LogP contribution in [0, 0.1) is 5.92 Å². The first-order valence-corrected chi connectivity index (χ1v) is 7.91. The van der Waals surface area contributed by atoms with E-state index in [0.717, 1.165) is 30.1 Å². The maximum Gasteiger partial charge on any atom is 0.0642 e. The molecule has 1 N–H and O–H groups in total. The Morgan fingerprint density at radius 1 is 1.37 bits per heavy atom. The van der Waals surface area contributed by atoms with Gasteiger partial charge in [0.15, 0.2) is 0 Å². The van der Waals surface area contributed by atoms with Gasteiger partial charge in [-0.25, -0.2) is 0 Å². The van der Waals surface area contributed by atoms with E-state index in [-0.39, 0.29) is 0 Å². The van der Waals surface area contributed by atoms with E-state index in [0.29, 0.717) is 0 Å². The predicted octanol–water partition coefficient (Wildman–Crippen LogP) is 3.83. The van der Waals surface area contributed by atoms with Crippen molar-refractivity contribution in [2.24, 2.45) is 5.92 Å². The molecule has 104 valence electrons. The van der Waals surface area contributed by atoms with Crippen LogP contribution in [-0.2, 0) is 6.54 Å². The molecule has 1 aromatic rings. The molecule has 2 aliphatic rings. The lowest BCUT2D eigenvalue weighted by atomic mass is 10.1. The highest BCUT2D eigenvalue weighted by Gasteiger charge is 2.38. The Balaban J connectivity index is 1.69. The van der Waals surface area contributed by atoms with Crippen molar-refractivity contribution in [2.75, 3.05) is 18.0 Å². The summed E-state index contributed by atoms with van der Waals surface area (Å²) in [6, 6.07) is 7.31. The normalized spacial score (nSPS) is 25.3. The summed E-state index contributed by atoms with van der Waals surface area (Å²) in [5.41, 5.74) is 2.53. The Labute approximate surface area is 121 Å². The third kappa shape index (κ3) is 2.75. The maximum absolute atomic E-state index is 6.49. The summed E-state index contributed by atoms with van der Waals surface area (Å²) >= 11 is 6.49. The van der Waals surface area contributed by atoms with Crippen molar-refractivity contribution in [2.45, 2.75) is 45.2 Å². The Hall–Kier alpha value is -0.730. The van der Waals surface area contributed by atoms with Crippen LogP contribution in [0.4, 0.5) is 5.69 Å². The van der Waals surface area contributed by atoms with E-state index >= 15 is 0 Å². The first-order valence-electron chi connectivity index (χ1n) is 7.53. The molecule has 1 saturated carbocycles. The van der Waals surface area contributed by atoms with E-state index in [4.69, 9.17) is 11.6 Å². The summed E-state index contributed by atoms with van der Waals surface area (Å²) in [5.74, 6) is 0.909. The summed E-state index contributed by atoms with van der Waals surface area (Å²) in [4.78, 5) is 2.53. The maximum atomic E-state index is 6.49. The van der Waals surface area contributed by atoms with Crippen molar-refractivity contribution < 1.29 is 0 Å². The first kappa shape index (κ1) is 13.3. The molecule has 1 aliphatic heterocycles. The van der Waals surface area contributed by atoms with Gasteiger partial charge in [-0.2, -0.15) is 0 Å². The molecule has 0 aromatic heterocycles. The molecule has 0 radical (unpaired) electrons. The number of nitrogens with one attached hydrogen (secondary N) is 1. The molecule has 2 fully saturated rings. The molecular formula is C16H23ClN2. The fraction of sp³-hybridized carbons (Fsp3) is 0.625. The van der Waals surface area contributed by atoms with Crippen LogP contribution in [0.2, 0.25) is 5.02 Å². The van der Waals surface area contributed by atoms with Gasteiger partial charge in [0.2, 0.25) is 0 Å². The van der Waals surface area contributed by atoms with Gasteiger partial charge in [0, 0.05) is 19.1 Å². The molecule has 3 rings (SSSR count). The van der Waals surface area contributed by atoms with Gasteiger partial charge >= 0.3 is 0 Å². The van der Waals surface area contributed by atoms with Gasteiger partial charge < -0.3 is 10.2 Å². The predicted molar refractivity (Wildman–Crippen MR) is 81.9 cm³/mol. The van der Waals surface area contributed by atoms with Crippen molar-refractivity contribution in [1.82, 2.24) is 5.32 Å². The first-order chi connectivity index (χ1) is 9.28. The number of rotatable bonds is 5. The van der Waals surface area contributed by atoms with Gasteiger partial charge in [0.1, 0.15) is 0 Å². The second-order valence-corrected chi connectivity index (χ2v) is 6.36. The van der Waals surface area contributed by atoms with E-state index in [1.54, 1.807) is 0 Å². The number of anilines is 1. The van der Waals surface area contributed by atoms with Gasteiger partial charge in [-0.3, -0.25) is 0 Å². The minimum absolute atomic E-state index is 0.742. The van der Waals surface area contributed by atoms with Crippen LogP contribution in [0.15, 0.2) is 18.2 Å². The quantitative estimate of drug-likeness (QED) is 0.824. The van der Waals surface area contributed by atoms with Crippen LogP contribution in [0.1, 0.15) is 38.2 Å². The zero-order valence-electron chi connectivity index (χ0n) is 11.7. The van der Waals surface area contributed by atoms with E-state index in [2.05, 4.69) is 35.3 Å². The zero-order chi connectivity index (χ0) is 13.2. The average Bonchev–Trinajstić information content (AvgIpc) is 3.01. The van der Waals surface area contributed by atoms with E-state index in [1.807, 2.05) is 0 Å². The molecule has 1 heterocycles. The number of hydrogen-bond donors (Lipinski definition) is 1. The summed E-state index contributed by atoms with van der Waals surface area (Å²) in [6.07, 6.45) is 5.30. The lowest BCUT2D eigenvalue weighted by Crippen LogP contribution is -2.32. The number of hydrogen-bond acceptors (Lipinski definition) is 2. The van der Waals surface area contributed by atoms with Crippen LogP contribution in [-0.4, -0.2) is 19.1 Å². The Morgan fingerprint density at radius 2 is 2.26 bits per heavy atom. The summed E-state index contributed by atoms with van der Waals surface area (Å²) in [7, 11) is 0. The van der Waals surface area contributed by atoms with E-state index in [1.165, 1.54) is 43.5 Å². The molecule has 1 aliphatic carbocycles. The lowest BCUT2D eigenvalue weighted by molar-refractivity contribution is 0.553. The van der Waals surface area contributed by atoms with Gasteiger partial charge in [0.05, 0.1) is 10.7 Å². The minimum Gasteiger partial charge on any atom is -0.367 e. The topological polar surface area (TPSA) is 15.3 Å². The molecule has 1 aromatic carbocycles. The number of nitrogens with zero attached hydrogens (tertiary/aromatic N) is 1. The lowest BCUT2D eigenvalue weighted by Gasteiger charge is -2.30. The highest BCUT2D eigenvalue weighted by Crippen LogP contribution is 2.42. The summed E-state index contributed by atoms with van der Waals surface area (Å²) in [5, 5.41) is 4.34. The van der Waals surface area contributed by atoms with Gasteiger partial charge in [-0.05, 0) is 55.8 Å². The summed E-state index contributed by atoms with van der Waals surface area (Å²) in [6.45, 7) is 5.37. The van der Waals surface area contributed by atoms with Gasteiger partial charge in [-0.15, -0.1) is 0 Å². The molecule has 2 unspecified atom stereocenters. The molecule has 0 spiro atoms. The van der Waals surface area contributed by atoms with Crippen LogP contribution in [0.25, 0.3) is 0 Å². The van der Waals surface area contributed by atoms with Crippen LogP contribution < -0.4 is 10.2 Å². The van der Waals surface area contributed by atoms with Crippen molar-refractivity contribution in [3.8, 4) is 0 Å². The third-order valence-electron chi connectivity index (χ3n) is 4.49. The highest BCUT2D eigenvalue weighted by atomic mass is 35.5. The fourth-order valence-electron chi connectivity index (χ4n) is 3.52. The largest absolute Gasteiger partial charge is 0.367 e. The molecule has 1 saturated heterocycles. The minimum atomic E-state index is 0.742. The zero-order valence-corrected chi connectivity index (χ0v) is 12.4. The van der Waals surface area contributed by atoms with Crippen LogP contribution in [0.5, 0.6) is 0 Å². The molecule has 2 nitrogen and oxygen atoms in total. The monoisotopic (exact) mass is 278 g/mol. The Morgan fingerprint density at radius 3 is 2.89 bits per heavy atom. The number of fused-ring (bicyclic) bond motifs is 2. The molecular weight excluding hydrogens is 256 g/mol. The van der Waals surface area contributed by atoms with Crippen LogP contribution in [0.3, 0.4) is 0 Å². The third-order valence-corrected chi connectivity index (χ3v) is 4.79. The van der Waals surface area contributed by atoms with Crippen molar-refractivity contribution in [3.05, 3.63) is 28.8 Å². The van der Waals surface area contributed by atoms with Crippen molar-refractivity contribution in [1.29, 1.82) is 0 Å². The number of piperidine rings is 1. The second kappa shape index (κ2) is 5.72. The van der Waals surface area contributed by atoms with E-state index in [9.17, 15) is 0 Å². The van der Waals surface area contributed by atoms with Gasteiger partial charge in [-0.1, -0.05) is 24.6 Å². The molecule has 19 heavy (non-hydrogen) atoms. The van der Waals surface area contributed by atoms with Crippen molar-refractivity contribution in [3.63, 3.8) is 0 Å². The molecule has 2 bridgehead atoms. The standard InChI is InChI=1S/C16H23ClN2/c1-2-7-18-10-12-4-6-16(15(17)9-12)19-11-13-3-5-14(19)8-13/h4,6,9,13-14,18H,2-3,5,7-8,10-11H2,1H3. The smallest absolute Gasteiger partial charge is 0.0642 e. The Bertz CT molecular complexity index is 446. The average molecular weight is 279 g/mol. The summed E-state index contributed by atoms with van der Waals surface area (Å²) < 4.78 is 0. The molecule has 3 heteroatoms. The Kier molecular flexibility index (Phi) is 3.99. The highest BCUT2D eigenvalue weighted by molar-refractivity contribution is 6.33. The van der Waals surface area contributed by atoms with E-state index < -0.39 is 0 Å². The van der Waals surface area contributed by atoms with Crippen LogP contribution >= 0.6 is 11.6 Å². The SMILES string of the molecule is CCCNCc1ccc(N2CC3CCC2C3)c(Cl)c1. The molecule has 0 amide bonds.